The molecule has 11 heteroatoms. The maximum absolute atomic E-state index is 15.7. The molecule has 0 bridgehead atoms. The zero-order valence-corrected chi connectivity index (χ0v) is 28.0. The van der Waals surface area contributed by atoms with Crippen molar-refractivity contribution in [2.24, 2.45) is 0 Å². The number of benzene rings is 2. The number of sulfonamides is 1. The van der Waals surface area contributed by atoms with Crippen molar-refractivity contribution in [1.29, 1.82) is 0 Å². The Balaban J connectivity index is 1.13. The van der Waals surface area contributed by atoms with Crippen LogP contribution in [0.4, 0.5) is 8.78 Å². The molecule has 47 heavy (non-hydrogen) atoms. The largest absolute Gasteiger partial charge is 0.490 e. The predicted octanol–water partition coefficient (Wildman–Crippen LogP) is 5.69. The van der Waals surface area contributed by atoms with Crippen LogP contribution in [0.3, 0.4) is 0 Å². The van der Waals surface area contributed by atoms with Crippen molar-refractivity contribution in [2.45, 2.75) is 131 Å². The lowest BCUT2D eigenvalue weighted by Gasteiger charge is -2.38. The van der Waals surface area contributed by atoms with Crippen LogP contribution in [-0.4, -0.2) is 55.4 Å². The average Bonchev–Trinajstić information content (AvgIpc) is 3.66. The van der Waals surface area contributed by atoms with Crippen LogP contribution in [0, 0.1) is 5.82 Å². The molecular weight excluding hydrogens is 624 g/mol. The zero-order valence-electron chi connectivity index (χ0n) is 27.2. The van der Waals surface area contributed by atoms with Gasteiger partial charge in [0.15, 0.2) is 0 Å². The van der Waals surface area contributed by atoms with Crippen LogP contribution in [-0.2, 0) is 25.0 Å². The van der Waals surface area contributed by atoms with Crippen LogP contribution < -0.4 is 20.1 Å². The van der Waals surface area contributed by atoms with E-state index in [2.05, 4.69) is 15.4 Å². The summed E-state index contributed by atoms with van der Waals surface area (Å²) >= 11 is 0. The first kappa shape index (κ1) is 32.5. The molecule has 3 atom stereocenters. The first-order valence-electron chi connectivity index (χ1n) is 17.2. The number of rotatable bonds is 10. The number of alkyl halides is 1. The molecule has 5 fully saturated rings. The summed E-state index contributed by atoms with van der Waals surface area (Å²) < 4.78 is 65.1. The molecule has 254 valence electrons. The highest BCUT2D eigenvalue weighted by atomic mass is 32.2. The second-order valence-electron chi connectivity index (χ2n) is 15.2. The van der Waals surface area contributed by atoms with Gasteiger partial charge in [-0.25, -0.2) is 17.2 Å². The van der Waals surface area contributed by atoms with E-state index < -0.39 is 38.2 Å². The average molecular weight is 670 g/mol. The van der Waals surface area contributed by atoms with E-state index in [-0.39, 0.29) is 42.4 Å². The molecular formula is C36H45F2N3O5S. The van der Waals surface area contributed by atoms with Crippen molar-refractivity contribution in [3.8, 4) is 16.9 Å². The lowest BCUT2D eigenvalue weighted by atomic mass is 9.74. The van der Waals surface area contributed by atoms with Crippen molar-refractivity contribution < 1.29 is 31.5 Å². The van der Waals surface area contributed by atoms with Crippen LogP contribution >= 0.6 is 0 Å². The van der Waals surface area contributed by atoms with Gasteiger partial charge in [-0.3, -0.25) is 14.3 Å². The van der Waals surface area contributed by atoms with Gasteiger partial charge in [-0.05, 0) is 112 Å². The monoisotopic (exact) mass is 669 g/mol. The fraction of sp³-hybridized carbons (Fsp3) is 0.611. The van der Waals surface area contributed by atoms with Gasteiger partial charge in [0, 0.05) is 36.5 Å². The quantitative estimate of drug-likeness (QED) is 0.300. The number of amides is 2. The molecule has 0 radical (unpaired) electrons. The standard InChI is InChI=1S/C36H45F2N3O5S/c1-34(2,32(42)41-47(44,45)26-13-14-26)23-10-15-30(28(18-23)27-8-4-9-29(37)31(27)22-6-3-7-22)46-25-12-11-24(19-25)40-33(43)36(38)20-35(39-21-36)16-5-17-35/h4,8-10,15,18,22,24-26,39H,3,5-7,11-14,16-17,19-21H2,1-2H3,(H,40,43)(H,41,42)/t24-,25-,36+/m1/s1. The van der Waals surface area contributed by atoms with Gasteiger partial charge in [-0.1, -0.05) is 24.6 Å². The minimum atomic E-state index is -3.74. The fourth-order valence-corrected chi connectivity index (χ4v) is 9.18. The smallest absolute Gasteiger partial charge is 0.259 e. The Morgan fingerprint density at radius 3 is 2.40 bits per heavy atom. The summed E-state index contributed by atoms with van der Waals surface area (Å²) in [7, 11) is -3.74. The molecule has 2 aromatic carbocycles. The Kier molecular flexibility index (Phi) is 8.18. The summed E-state index contributed by atoms with van der Waals surface area (Å²) in [4.78, 5) is 26.4. The number of hydrogen-bond acceptors (Lipinski definition) is 6. The molecule has 2 aromatic rings. The highest BCUT2D eigenvalue weighted by Gasteiger charge is 2.55. The third kappa shape index (κ3) is 6.18. The third-order valence-electron chi connectivity index (χ3n) is 11.4. The molecule has 0 unspecified atom stereocenters. The summed E-state index contributed by atoms with van der Waals surface area (Å²) in [6.45, 7) is 3.40. The Hall–Kier alpha value is -3.05. The second kappa shape index (κ2) is 11.8. The highest BCUT2D eigenvalue weighted by molar-refractivity contribution is 7.90. The van der Waals surface area contributed by atoms with E-state index in [4.69, 9.17) is 4.74 Å². The maximum atomic E-state index is 15.7. The molecule has 4 aliphatic carbocycles. The van der Waals surface area contributed by atoms with Crippen molar-refractivity contribution in [3.63, 3.8) is 0 Å². The van der Waals surface area contributed by atoms with E-state index in [1.165, 1.54) is 6.07 Å². The number of carbonyl (C=O) groups is 2. The van der Waals surface area contributed by atoms with Crippen molar-refractivity contribution >= 4 is 21.8 Å². The molecule has 0 aromatic heterocycles. The zero-order chi connectivity index (χ0) is 33.2. The Bertz CT molecular complexity index is 1690. The van der Waals surface area contributed by atoms with Gasteiger partial charge >= 0.3 is 0 Å². The number of carbonyl (C=O) groups excluding carboxylic acids is 2. The van der Waals surface area contributed by atoms with Crippen LogP contribution in [0.1, 0.15) is 108 Å². The molecule has 5 aliphatic rings. The fourth-order valence-electron chi connectivity index (χ4n) is 7.74. The summed E-state index contributed by atoms with van der Waals surface area (Å²) in [5, 5.41) is 5.67. The van der Waals surface area contributed by atoms with E-state index in [9.17, 15) is 18.0 Å². The number of ether oxygens (including phenoxy) is 1. The maximum Gasteiger partial charge on any atom is 0.259 e. The minimum Gasteiger partial charge on any atom is -0.490 e. The van der Waals surface area contributed by atoms with E-state index in [1.54, 1.807) is 32.0 Å². The van der Waals surface area contributed by atoms with Crippen LogP contribution in [0.2, 0.25) is 0 Å². The van der Waals surface area contributed by atoms with Gasteiger partial charge in [0.05, 0.1) is 10.7 Å². The molecule has 1 aliphatic heterocycles. The molecule has 1 heterocycles. The first-order chi connectivity index (χ1) is 22.3. The molecule has 8 nitrogen and oxygen atoms in total. The van der Waals surface area contributed by atoms with Crippen LogP contribution in [0.5, 0.6) is 5.75 Å². The SMILES string of the molecule is CC(C)(C(=O)NS(=O)(=O)C1CC1)c1ccc(O[C@@H]2CC[C@@H](NC(=O)[C@@]3(F)CNC4(CCC4)C3)C2)c(-c2cccc(F)c2C2CCC2)c1. The second-order valence-corrected chi connectivity index (χ2v) is 17.2. The van der Waals surface area contributed by atoms with E-state index in [1.807, 2.05) is 12.1 Å². The Morgan fingerprint density at radius 2 is 1.77 bits per heavy atom. The topological polar surface area (TPSA) is 114 Å². The summed E-state index contributed by atoms with van der Waals surface area (Å²) in [5.41, 5.74) is -0.829. The third-order valence-corrected chi connectivity index (χ3v) is 13.2. The van der Waals surface area contributed by atoms with Gasteiger partial charge in [0.2, 0.25) is 21.6 Å². The summed E-state index contributed by atoms with van der Waals surface area (Å²) in [6.07, 6.45) is 8.50. The van der Waals surface area contributed by atoms with Gasteiger partial charge in [0.25, 0.3) is 5.91 Å². The molecule has 1 spiro atoms. The van der Waals surface area contributed by atoms with Crippen LogP contribution in [0.15, 0.2) is 36.4 Å². The van der Waals surface area contributed by atoms with E-state index in [0.29, 0.717) is 60.1 Å². The molecule has 4 saturated carbocycles. The molecule has 3 N–H and O–H groups in total. The summed E-state index contributed by atoms with van der Waals surface area (Å²) in [6, 6.07) is 10.1. The van der Waals surface area contributed by atoms with Crippen LogP contribution in [0.25, 0.3) is 11.1 Å². The lowest BCUT2D eigenvalue weighted by molar-refractivity contribution is -0.133. The van der Waals surface area contributed by atoms with Gasteiger partial charge in [-0.15, -0.1) is 0 Å². The minimum absolute atomic E-state index is 0.0407. The van der Waals surface area contributed by atoms with Crippen molar-refractivity contribution in [2.75, 3.05) is 6.54 Å². The highest BCUT2D eigenvalue weighted by Crippen LogP contribution is 2.47. The normalized spacial score (nSPS) is 27.2. The number of nitrogens with one attached hydrogen (secondary N) is 3. The Morgan fingerprint density at radius 1 is 1.00 bits per heavy atom. The van der Waals surface area contributed by atoms with Gasteiger partial charge in [-0.2, -0.15) is 0 Å². The first-order valence-corrected chi connectivity index (χ1v) is 18.7. The van der Waals surface area contributed by atoms with Gasteiger partial charge < -0.3 is 15.4 Å². The van der Waals surface area contributed by atoms with E-state index in [0.717, 1.165) is 38.5 Å². The number of halogens is 2. The molecule has 7 rings (SSSR count). The molecule has 1 saturated heterocycles. The molecule has 2 amide bonds. The van der Waals surface area contributed by atoms with Crippen molar-refractivity contribution in [3.05, 3.63) is 53.3 Å². The Labute approximate surface area is 275 Å². The van der Waals surface area contributed by atoms with E-state index >= 15 is 8.78 Å². The number of hydrogen-bond donors (Lipinski definition) is 3. The predicted molar refractivity (Wildman–Crippen MR) is 175 cm³/mol. The summed E-state index contributed by atoms with van der Waals surface area (Å²) in [5.74, 6) is -0.870. The van der Waals surface area contributed by atoms with Crippen molar-refractivity contribution in [1.82, 2.24) is 15.4 Å². The van der Waals surface area contributed by atoms with Gasteiger partial charge in [0.1, 0.15) is 17.7 Å². The lowest BCUT2D eigenvalue weighted by Crippen LogP contribution is -2.49.